The maximum atomic E-state index is 14.9. The van der Waals surface area contributed by atoms with Crippen LogP contribution in [0.15, 0.2) is 48.0 Å². The third-order valence-electron chi connectivity index (χ3n) is 6.66. The van der Waals surface area contributed by atoms with E-state index in [0.29, 0.717) is 44.3 Å². The van der Waals surface area contributed by atoms with Crippen molar-refractivity contribution in [3.05, 3.63) is 65.0 Å². The fourth-order valence-corrected chi connectivity index (χ4v) is 4.87. The molecule has 35 heavy (non-hydrogen) atoms. The number of likely N-dealkylation sites (tertiary alicyclic amines) is 1. The number of fused-ring (bicyclic) bond motifs is 1. The Morgan fingerprint density at radius 1 is 1.03 bits per heavy atom. The first-order valence-electron chi connectivity index (χ1n) is 11.9. The molecule has 0 bridgehead atoms. The number of quaternary nitrogens is 1. The molecular weight excluding hydrogens is 455 g/mol. The zero-order valence-electron chi connectivity index (χ0n) is 19.3. The van der Waals surface area contributed by atoms with Gasteiger partial charge in [-0.2, -0.15) is 0 Å². The first-order valence-corrected chi connectivity index (χ1v) is 11.9. The van der Waals surface area contributed by atoms with Gasteiger partial charge in [-0.3, -0.25) is 9.59 Å². The monoisotopic (exact) mass is 482 g/mol. The molecule has 3 aliphatic rings. The fraction of sp³-hybridized carbons (Fsp3) is 0.385. The minimum atomic E-state index is -1.09. The van der Waals surface area contributed by atoms with Crippen LogP contribution in [0, 0.1) is 5.82 Å². The Kier molecular flexibility index (Phi) is 6.70. The van der Waals surface area contributed by atoms with Crippen LogP contribution in [-0.2, 0) is 14.3 Å². The highest BCUT2D eigenvalue weighted by Crippen LogP contribution is 2.41. The van der Waals surface area contributed by atoms with Gasteiger partial charge in [0.25, 0.3) is 5.91 Å². The van der Waals surface area contributed by atoms with Gasteiger partial charge in [0, 0.05) is 24.1 Å². The zero-order chi connectivity index (χ0) is 24.4. The second-order valence-electron chi connectivity index (χ2n) is 8.82. The molecule has 1 amide bonds. The second-order valence-corrected chi connectivity index (χ2v) is 8.82. The molecule has 1 atom stereocenters. The van der Waals surface area contributed by atoms with Crippen molar-refractivity contribution in [2.24, 2.45) is 0 Å². The number of nitrogens with one attached hydrogen (secondary N) is 1. The van der Waals surface area contributed by atoms with Crippen LogP contribution < -0.4 is 19.5 Å². The van der Waals surface area contributed by atoms with E-state index in [1.165, 1.54) is 40.1 Å². The van der Waals surface area contributed by atoms with Crippen molar-refractivity contribution in [1.82, 2.24) is 4.90 Å². The molecule has 0 aliphatic carbocycles. The summed E-state index contributed by atoms with van der Waals surface area (Å²) in [6.45, 7) is 4.92. The van der Waals surface area contributed by atoms with Gasteiger partial charge < -0.3 is 29.1 Å². The molecule has 5 rings (SSSR count). The van der Waals surface area contributed by atoms with Gasteiger partial charge in [-0.1, -0.05) is 30.0 Å². The molecule has 8 nitrogen and oxygen atoms in total. The van der Waals surface area contributed by atoms with E-state index in [4.69, 9.17) is 14.2 Å². The molecule has 1 unspecified atom stereocenters. The van der Waals surface area contributed by atoms with Crippen LogP contribution in [0.3, 0.4) is 0 Å². The number of hydrogen-bond acceptors (Lipinski definition) is 6. The van der Waals surface area contributed by atoms with Crippen LogP contribution >= 0.6 is 0 Å². The van der Waals surface area contributed by atoms with Crippen molar-refractivity contribution in [2.45, 2.75) is 12.5 Å². The van der Waals surface area contributed by atoms with Gasteiger partial charge in [0.1, 0.15) is 32.1 Å². The number of hydrogen-bond donors (Lipinski definition) is 1. The molecule has 9 heteroatoms. The van der Waals surface area contributed by atoms with E-state index in [1.807, 2.05) is 0 Å². The number of carbonyl (C=O) groups excluding carboxylic acids is 2. The number of benzene rings is 2. The molecule has 184 valence electrons. The zero-order valence-corrected chi connectivity index (χ0v) is 19.3. The second kappa shape index (κ2) is 10.1. The number of nitrogens with zero attached hydrogens (tertiary/aromatic N) is 1. The number of rotatable bonds is 6. The highest BCUT2D eigenvalue weighted by molar-refractivity contribution is 6.46. The van der Waals surface area contributed by atoms with E-state index in [-0.39, 0.29) is 23.2 Å². The molecule has 3 heterocycles. The number of halogens is 1. The van der Waals surface area contributed by atoms with Gasteiger partial charge in [0.05, 0.1) is 25.8 Å². The van der Waals surface area contributed by atoms with Crippen molar-refractivity contribution < 1.29 is 38.2 Å². The van der Waals surface area contributed by atoms with Crippen LogP contribution in [0.1, 0.15) is 23.6 Å². The normalized spacial score (nSPS) is 22.0. The summed E-state index contributed by atoms with van der Waals surface area (Å²) in [5, 5.41) is 13.6. The first kappa shape index (κ1) is 23.3. The van der Waals surface area contributed by atoms with E-state index in [0.717, 1.165) is 19.6 Å². The number of ketones is 1. The molecular formula is C26H27FN2O6. The summed E-state index contributed by atoms with van der Waals surface area (Å²) in [6.07, 6.45) is 0.616. The summed E-state index contributed by atoms with van der Waals surface area (Å²) in [7, 11) is 0. The van der Waals surface area contributed by atoms with E-state index in [2.05, 4.69) is 0 Å². The number of morpholine rings is 1. The van der Waals surface area contributed by atoms with E-state index in [9.17, 15) is 19.1 Å². The lowest BCUT2D eigenvalue weighted by Crippen LogP contribution is -3.14. The summed E-state index contributed by atoms with van der Waals surface area (Å²) >= 11 is 0. The van der Waals surface area contributed by atoms with Crippen molar-refractivity contribution in [1.29, 1.82) is 0 Å². The van der Waals surface area contributed by atoms with E-state index >= 15 is 0 Å². The fourth-order valence-electron chi connectivity index (χ4n) is 4.87. The Balaban J connectivity index is 1.49. The Hall–Kier alpha value is -3.43. The molecule has 2 aromatic rings. The highest BCUT2D eigenvalue weighted by Gasteiger charge is 2.45. The summed E-state index contributed by atoms with van der Waals surface area (Å²) in [5.74, 6) is -1.96. The Labute approximate surface area is 202 Å². The van der Waals surface area contributed by atoms with E-state index in [1.54, 1.807) is 12.1 Å². The quantitative estimate of drug-likeness (QED) is 0.358. The van der Waals surface area contributed by atoms with Crippen molar-refractivity contribution in [2.75, 3.05) is 52.6 Å². The number of ether oxygens (including phenoxy) is 3. The predicted molar refractivity (Wildman–Crippen MR) is 121 cm³/mol. The lowest BCUT2D eigenvalue weighted by atomic mass is 9.94. The van der Waals surface area contributed by atoms with Crippen LogP contribution in [-0.4, -0.2) is 69.2 Å². The SMILES string of the molecule is O=C1C(=O)N(CCC[NH+]2CCOCC2)C(c2ccccc2F)C1=C([O-])c1ccc2c(c1)OCCO2. The highest BCUT2D eigenvalue weighted by atomic mass is 19.1. The lowest BCUT2D eigenvalue weighted by molar-refractivity contribution is -0.908. The van der Waals surface area contributed by atoms with Crippen molar-refractivity contribution in [3.63, 3.8) is 0 Å². The number of amides is 1. The van der Waals surface area contributed by atoms with Crippen LogP contribution in [0.4, 0.5) is 4.39 Å². The van der Waals surface area contributed by atoms with Gasteiger partial charge in [0.15, 0.2) is 11.5 Å². The van der Waals surface area contributed by atoms with Crippen LogP contribution in [0.25, 0.3) is 5.76 Å². The third-order valence-corrected chi connectivity index (χ3v) is 6.66. The predicted octanol–water partition coefficient (Wildman–Crippen LogP) is 0.126. The summed E-state index contributed by atoms with van der Waals surface area (Å²) in [4.78, 5) is 28.9. The summed E-state index contributed by atoms with van der Waals surface area (Å²) < 4.78 is 31.4. The van der Waals surface area contributed by atoms with Crippen molar-refractivity contribution >= 4 is 17.4 Å². The Morgan fingerprint density at radius 2 is 1.77 bits per heavy atom. The van der Waals surface area contributed by atoms with Gasteiger partial charge in [-0.25, -0.2) is 4.39 Å². The first-order chi connectivity index (χ1) is 17.0. The molecule has 3 aliphatic heterocycles. The minimum Gasteiger partial charge on any atom is -0.872 e. The maximum Gasteiger partial charge on any atom is 0.295 e. The Morgan fingerprint density at radius 3 is 2.54 bits per heavy atom. The van der Waals surface area contributed by atoms with Gasteiger partial charge in [0.2, 0.25) is 5.78 Å². The molecule has 0 saturated carbocycles. The van der Waals surface area contributed by atoms with E-state index < -0.39 is 29.3 Å². The molecule has 2 aromatic carbocycles. The summed E-state index contributed by atoms with van der Waals surface area (Å²) in [5.41, 5.74) is 0.0770. The number of carbonyl (C=O) groups is 2. The third kappa shape index (κ3) is 4.61. The molecule has 0 spiro atoms. The topological polar surface area (TPSA) is 92.6 Å². The van der Waals surface area contributed by atoms with Crippen LogP contribution in [0.5, 0.6) is 11.5 Å². The smallest absolute Gasteiger partial charge is 0.295 e. The standard InChI is InChI=1S/C26H27FN2O6/c27-19-5-2-1-4-18(19)23-22(24(30)17-6-7-20-21(16-17)35-15-14-34-20)25(31)26(32)29(23)9-3-8-28-10-12-33-13-11-28/h1-2,4-7,16,23,30H,3,8-15H2. The molecule has 0 aromatic heterocycles. The van der Waals surface area contributed by atoms with Gasteiger partial charge in [-0.05, 0) is 23.8 Å². The van der Waals surface area contributed by atoms with Gasteiger partial charge in [-0.15, -0.1) is 0 Å². The summed E-state index contributed by atoms with van der Waals surface area (Å²) in [6, 6.07) is 9.50. The lowest BCUT2D eigenvalue weighted by Gasteiger charge is -2.29. The molecule has 0 radical (unpaired) electrons. The van der Waals surface area contributed by atoms with Crippen LogP contribution in [0.2, 0.25) is 0 Å². The average molecular weight is 483 g/mol. The van der Waals surface area contributed by atoms with Gasteiger partial charge >= 0.3 is 0 Å². The number of Topliss-reactive ketones (excluding diaryl/α,β-unsaturated/α-hetero) is 1. The molecule has 1 N–H and O–H groups in total. The largest absolute Gasteiger partial charge is 0.872 e. The molecule has 2 fully saturated rings. The molecule has 2 saturated heterocycles. The maximum absolute atomic E-state index is 14.9. The minimum absolute atomic E-state index is 0.131. The average Bonchev–Trinajstić information content (AvgIpc) is 3.14. The Bertz CT molecular complexity index is 1160. The van der Waals surface area contributed by atoms with Crippen molar-refractivity contribution in [3.8, 4) is 11.5 Å².